The summed E-state index contributed by atoms with van der Waals surface area (Å²) in [5.74, 6) is 0. The molecule has 0 saturated carbocycles. The van der Waals surface area contributed by atoms with Crippen LogP contribution in [0.1, 0.15) is 25.3 Å². The molecular weight excluding hydrogens is 198 g/mol. The minimum Gasteiger partial charge on any atom is -0.381 e. The van der Waals surface area contributed by atoms with Crippen molar-refractivity contribution in [2.24, 2.45) is 0 Å². The maximum atomic E-state index is 5.40. The first kappa shape index (κ1) is 11.5. The van der Waals surface area contributed by atoms with Crippen LogP contribution in [-0.2, 0) is 11.2 Å². The third-order valence-corrected chi connectivity index (χ3v) is 3.46. The lowest BCUT2D eigenvalue weighted by atomic mass is 10.1. The van der Waals surface area contributed by atoms with Crippen LogP contribution in [0.4, 0.5) is 5.69 Å². The molecular formula is C14H21NO. The second-order valence-electron chi connectivity index (χ2n) is 4.48. The van der Waals surface area contributed by atoms with Crippen LogP contribution < -0.4 is 4.90 Å². The summed E-state index contributed by atoms with van der Waals surface area (Å²) < 4.78 is 5.40. The molecule has 1 aliphatic heterocycles. The number of hydrogen-bond donors (Lipinski definition) is 0. The molecule has 1 heterocycles. The number of anilines is 1. The zero-order chi connectivity index (χ0) is 11.4. The first-order chi connectivity index (χ1) is 7.81. The minimum atomic E-state index is 0.640. The molecule has 0 atom stereocenters. The van der Waals surface area contributed by atoms with Gasteiger partial charge in [0, 0.05) is 32.0 Å². The van der Waals surface area contributed by atoms with E-state index in [1.165, 1.54) is 11.3 Å². The highest BCUT2D eigenvalue weighted by molar-refractivity contribution is 5.48. The van der Waals surface area contributed by atoms with E-state index < -0.39 is 0 Å². The van der Waals surface area contributed by atoms with Gasteiger partial charge in [-0.15, -0.1) is 0 Å². The van der Waals surface area contributed by atoms with Gasteiger partial charge in [-0.1, -0.05) is 19.1 Å². The van der Waals surface area contributed by atoms with Gasteiger partial charge in [-0.2, -0.15) is 0 Å². The average Bonchev–Trinajstić information content (AvgIpc) is 2.39. The van der Waals surface area contributed by atoms with Crippen molar-refractivity contribution < 1.29 is 4.74 Å². The van der Waals surface area contributed by atoms with Gasteiger partial charge in [-0.25, -0.2) is 0 Å². The lowest BCUT2D eigenvalue weighted by Crippen LogP contribution is -2.36. The molecule has 2 rings (SSSR count). The van der Waals surface area contributed by atoms with Crippen LogP contribution in [0.2, 0.25) is 0 Å². The van der Waals surface area contributed by atoms with Gasteiger partial charge in [0.05, 0.1) is 0 Å². The third kappa shape index (κ3) is 2.56. The number of rotatable bonds is 3. The van der Waals surface area contributed by atoms with E-state index in [0.29, 0.717) is 6.04 Å². The Morgan fingerprint density at radius 1 is 1.31 bits per heavy atom. The topological polar surface area (TPSA) is 12.5 Å². The molecule has 16 heavy (non-hydrogen) atoms. The molecule has 1 aromatic rings. The number of nitrogens with zero attached hydrogens (tertiary/aromatic N) is 1. The fraction of sp³-hybridized carbons (Fsp3) is 0.571. The largest absolute Gasteiger partial charge is 0.381 e. The van der Waals surface area contributed by atoms with E-state index in [-0.39, 0.29) is 0 Å². The van der Waals surface area contributed by atoms with Gasteiger partial charge in [0.15, 0.2) is 0 Å². The zero-order valence-corrected chi connectivity index (χ0v) is 10.3. The summed E-state index contributed by atoms with van der Waals surface area (Å²) in [5.41, 5.74) is 2.75. The Balaban J connectivity index is 2.09. The number of ether oxygens (including phenoxy) is 1. The first-order valence-electron chi connectivity index (χ1n) is 6.20. The Morgan fingerprint density at radius 2 is 2.06 bits per heavy atom. The Kier molecular flexibility index (Phi) is 3.83. The smallest absolute Gasteiger partial charge is 0.0485 e. The Hall–Kier alpha value is -1.02. The molecule has 0 spiro atoms. The molecule has 0 aromatic heterocycles. The minimum absolute atomic E-state index is 0.640. The summed E-state index contributed by atoms with van der Waals surface area (Å²) in [5, 5.41) is 0. The molecule has 2 nitrogen and oxygen atoms in total. The van der Waals surface area contributed by atoms with Gasteiger partial charge in [-0.05, 0) is 37.0 Å². The number of aryl methyl sites for hydroxylation is 1. The molecule has 0 bridgehead atoms. The highest BCUT2D eigenvalue weighted by Crippen LogP contribution is 2.22. The van der Waals surface area contributed by atoms with Gasteiger partial charge in [0.1, 0.15) is 0 Å². The van der Waals surface area contributed by atoms with Crippen LogP contribution in [-0.4, -0.2) is 26.3 Å². The van der Waals surface area contributed by atoms with E-state index in [1.54, 1.807) is 0 Å². The van der Waals surface area contributed by atoms with Gasteiger partial charge in [0.2, 0.25) is 0 Å². The maximum absolute atomic E-state index is 5.40. The van der Waals surface area contributed by atoms with E-state index in [2.05, 4.69) is 43.1 Å². The molecule has 88 valence electrons. The summed E-state index contributed by atoms with van der Waals surface area (Å²) in [6.45, 7) is 4.01. The van der Waals surface area contributed by atoms with Crippen LogP contribution in [0.3, 0.4) is 0 Å². The van der Waals surface area contributed by atoms with E-state index in [9.17, 15) is 0 Å². The van der Waals surface area contributed by atoms with Crippen molar-refractivity contribution in [3.8, 4) is 0 Å². The van der Waals surface area contributed by atoms with E-state index >= 15 is 0 Å². The third-order valence-electron chi connectivity index (χ3n) is 3.46. The summed E-state index contributed by atoms with van der Waals surface area (Å²) in [7, 11) is 2.20. The van der Waals surface area contributed by atoms with Crippen LogP contribution >= 0.6 is 0 Å². The fourth-order valence-electron chi connectivity index (χ4n) is 2.28. The van der Waals surface area contributed by atoms with Crippen LogP contribution in [0, 0.1) is 0 Å². The van der Waals surface area contributed by atoms with Gasteiger partial charge < -0.3 is 9.64 Å². The summed E-state index contributed by atoms with van der Waals surface area (Å²) in [6.07, 6.45) is 3.40. The van der Waals surface area contributed by atoms with Gasteiger partial charge in [0.25, 0.3) is 0 Å². The van der Waals surface area contributed by atoms with Gasteiger partial charge >= 0.3 is 0 Å². The molecule has 1 saturated heterocycles. The quantitative estimate of drug-likeness (QED) is 0.775. The van der Waals surface area contributed by atoms with Gasteiger partial charge in [-0.3, -0.25) is 0 Å². The molecule has 1 aromatic carbocycles. The average molecular weight is 219 g/mol. The summed E-state index contributed by atoms with van der Waals surface area (Å²) >= 11 is 0. The van der Waals surface area contributed by atoms with Crippen LogP contribution in [0.15, 0.2) is 24.3 Å². The van der Waals surface area contributed by atoms with E-state index in [0.717, 1.165) is 32.5 Å². The number of benzene rings is 1. The fourth-order valence-corrected chi connectivity index (χ4v) is 2.28. The summed E-state index contributed by atoms with van der Waals surface area (Å²) in [4.78, 5) is 2.40. The standard InChI is InChI=1S/C14H21NO/c1-3-12-5-4-6-14(11-12)15(2)13-7-9-16-10-8-13/h4-6,11,13H,3,7-10H2,1-2H3. The van der Waals surface area contributed by atoms with Crippen LogP contribution in [0.25, 0.3) is 0 Å². The maximum Gasteiger partial charge on any atom is 0.0485 e. The van der Waals surface area contributed by atoms with Crippen molar-refractivity contribution in [3.63, 3.8) is 0 Å². The van der Waals surface area contributed by atoms with Crippen molar-refractivity contribution in [2.75, 3.05) is 25.2 Å². The Bertz CT molecular complexity index is 331. The van der Waals surface area contributed by atoms with Crippen molar-refractivity contribution in [1.29, 1.82) is 0 Å². The predicted molar refractivity (Wildman–Crippen MR) is 68.1 cm³/mol. The molecule has 0 unspecified atom stereocenters. The van der Waals surface area contributed by atoms with E-state index in [1.807, 2.05) is 0 Å². The summed E-state index contributed by atoms with van der Waals surface area (Å²) in [6, 6.07) is 9.50. The SMILES string of the molecule is CCc1cccc(N(C)C2CCOCC2)c1. The lowest BCUT2D eigenvalue weighted by Gasteiger charge is -2.33. The van der Waals surface area contributed by atoms with Crippen molar-refractivity contribution in [3.05, 3.63) is 29.8 Å². The molecule has 0 N–H and O–H groups in total. The molecule has 0 radical (unpaired) electrons. The molecule has 0 aliphatic carbocycles. The molecule has 0 amide bonds. The normalized spacial score (nSPS) is 17.4. The van der Waals surface area contributed by atoms with Crippen molar-refractivity contribution in [1.82, 2.24) is 0 Å². The van der Waals surface area contributed by atoms with E-state index in [4.69, 9.17) is 4.74 Å². The molecule has 1 aliphatic rings. The molecule has 1 fully saturated rings. The highest BCUT2D eigenvalue weighted by Gasteiger charge is 2.18. The number of hydrogen-bond acceptors (Lipinski definition) is 2. The lowest BCUT2D eigenvalue weighted by molar-refractivity contribution is 0.0855. The second-order valence-corrected chi connectivity index (χ2v) is 4.48. The first-order valence-corrected chi connectivity index (χ1v) is 6.20. The monoisotopic (exact) mass is 219 g/mol. The predicted octanol–water partition coefficient (Wildman–Crippen LogP) is 2.86. The van der Waals surface area contributed by atoms with Crippen LogP contribution in [0.5, 0.6) is 0 Å². The second kappa shape index (κ2) is 5.35. The Labute approximate surface area is 98.2 Å². The molecule has 2 heteroatoms. The Morgan fingerprint density at radius 3 is 2.75 bits per heavy atom. The van der Waals surface area contributed by atoms with Crippen molar-refractivity contribution in [2.45, 2.75) is 32.2 Å². The highest BCUT2D eigenvalue weighted by atomic mass is 16.5. The zero-order valence-electron chi connectivity index (χ0n) is 10.3. The van der Waals surface area contributed by atoms with Crippen molar-refractivity contribution >= 4 is 5.69 Å².